The number of rotatable bonds is 9. The van der Waals surface area contributed by atoms with Crippen LogP contribution in [0.25, 0.3) is 10.9 Å². The van der Waals surface area contributed by atoms with Gasteiger partial charge in [-0.3, -0.25) is 23.7 Å². The molecule has 0 fully saturated rings. The molecule has 0 saturated heterocycles. The van der Waals surface area contributed by atoms with E-state index in [1.807, 2.05) is 0 Å². The predicted octanol–water partition coefficient (Wildman–Crippen LogP) is 6.91. The molecule has 0 bridgehead atoms. The molecule has 5 aromatic rings. The van der Waals surface area contributed by atoms with E-state index >= 15 is 0 Å². The highest BCUT2D eigenvalue weighted by Crippen LogP contribution is 2.31. The molecule has 4 aromatic carbocycles. The maximum Gasteiger partial charge on any atom is 0.310 e. The molecule has 0 radical (unpaired) electrons. The Bertz CT molecular complexity index is 1900. The van der Waals surface area contributed by atoms with Gasteiger partial charge in [0, 0.05) is 37.8 Å². The number of methoxy groups -OCH3 is 1. The first-order valence-electron chi connectivity index (χ1n) is 13.5. The van der Waals surface area contributed by atoms with Crippen LogP contribution in [0.3, 0.4) is 0 Å². The molecule has 10 heteroatoms. The van der Waals surface area contributed by atoms with Crippen molar-refractivity contribution < 1.29 is 28.7 Å². The molecule has 0 aliphatic carbocycles. The quantitative estimate of drug-likeness (QED) is 0.140. The van der Waals surface area contributed by atoms with E-state index in [1.165, 1.54) is 23.8 Å². The van der Waals surface area contributed by atoms with Crippen LogP contribution >= 0.6 is 23.2 Å². The highest BCUT2D eigenvalue weighted by Gasteiger charge is 2.23. The zero-order valence-electron chi connectivity index (χ0n) is 23.7. The van der Waals surface area contributed by atoms with Crippen LogP contribution in [0.2, 0.25) is 10.0 Å². The monoisotopic (exact) mass is 628 g/mol. The summed E-state index contributed by atoms with van der Waals surface area (Å²) in [6, 6.07) is 24.9. The van der Waals surface area contributed by atoms with Gasteiger partial charge in [0.2, 0.25) is 0 Å². The Morgan fingerprint density at radius 1 is 0.818 bits per heavy atom. The van der Waals surface area contributed by atoms with Crippen LogP contribution < -0.4 is 10.1 Å². The van der Waals surface area contributed by atoms with Gasteiger partial charge in [0.15, 0.2) is 12.4 Å². The van der Waals surface area contributed by atoms with E-state index in [-0.39, 0.29) is 29.4 Å². The maximum absolute atomic E-state index is 13.5. The van der Waals surface area contributed by atoms with Gasteiger partial charge in [-0.25, -0.2) is 0 Å². The SMILES string of the molecule is COc1ccc2c(c1)c(CC(=O)OCC(=O)Nc1ccc(Cl)cc1C(=O)c1ccccc1)c(C)n2C(=O)c1ccc(Cl)cc1. The number of carbonyl (C=O) groups excluding carboxylic acids is 4. The summed E-state index contributed by atoms with van der Waals surface area (Å²) < 4.78 is 12.2. The zero-order valence-corrected chi connectivity index (χ0v) is 25.2. The summed E-state index contributed by atoms with van der Waals surface area (Å²) in [5.74, 6) is -1.39. The van der Waals surface area contributed by atoms with Gasteiger partial charge in [0.05, 0.1) is 24.7 Å². The Morgan fingerprint density at radius 3 is 2.23 bits per heavy atom. The largest absolute Gasteiger partial charge is 0.497 e. The zero-order chi connectivity index (χ0) is 31.4. The molecular formula is C34H26Cl2N2O6. The maximum atomic E-state index is 13.5. The van der Waals surface area contributed by atoms with Crippen LogP contribution in [0.5, 0.6) is 5.75 Å². The molecule has 0 saturated carbocycles. The van der Waals surface area contributed by atoms with E-state index in [1.54, 1.807) is 85.8 Å². The van der Waals surface area contributed by atoms with Crippen LogP contribution in [0.4, 0.5) is 5.69 Å². The van der Waals surface area contributed by atoms with Crippen molar-refractivity contribution in [1.29, 1.82) is 0 Å². The lowest BCUT2D eigenvalue weighted by Crippen LogP contribution is -2.23. The Balaban J connectivity index is 1.33. The Labute approximate surface area is 263 Å². The molecule has 0 spiro atoms. The number of amides is 1. The number of carbonyl (C=O) groups is 4. The molecule has 44 heavy (non-hydrogen) atoms. The molecular weight excluding hydrogens is 603 g/mol. The number of hydrogen-bond donors (Lipinski definition) is 1. The van der Waals surface area contributed by atoms with Gasteiger partial charge >= 0.3 is 5.97 Å². The fourth-order valence-corrected chi connectivity index (χ4v) is 5.18. The summed E-state index contributed by atoms with van der Waals surface area (Å²) in [4.78, 5) is 52.4. The fraction of sp³-hybridized carbons (Fsp3) is 0.118. The molecule has 0 atom stereocenters. The normalized spacial score (nSPS) is 10.8. The van der Waals surface area contributed by atoms with Crippen LogP contribution in [0.15, 0.2) is 91.0 Å². The third-order valence-electron chi connectivity index (χ3n) is 7.06. The molecule has 0 aliphatic rings. The number of ketones is 1. The number of nitrogens with one attached hydrogen (secondary N) is 1. The first-order valence-corrected chi connectivity index (χ1v) is 14.2. The highest BCUT2D eigenvalue weighted by molar-refractivity contribution is 6.31. The van der Waals surface area contributed by atoms with Crippen LogP contribution in [-0.2, 0) is 20.7 Å². The molecule has 1 heterocycles. The minimum atomic E-state index is -0.680. The van der Waals surface area contributed by atoms with Gasteiger partial charge in [-0.2, -0.15) is 0 Å². The molecule has 8 nitrogen and oxygen atoms in total. The van der Waals surface area contributed by atoms with Crippen LogP contribution in [0.1, 0.15) is 37.5 Å². The van der Waals surface area contributed by atoms with E-state index in [2.05, 4.69) is 5.32 Å². The summed E-state index contributed by atoms with van der Waals surface area (Å²) in [6.07, 6.45) is -0.206. The second-order valence-electron chi connectivity index (χ2n) is 9.87. The number of halogens is 2. The van der Waals surface area contributed by atoms with E-state index < -0.39 is 18.5 Å². The first-order chi connectivity index (χ1) is 21.2. The summed E-state index contributed by atoms with van der Waals surface area (Å²) in [7, 11) is 1.52. The highest BCUT2D eigenvalue weighted by atomic mass is 35.5. The molecule has 1 amide bonds. The van der Waals surface area contributed by atoms with Crippen molar-refractivity contribution in [3.05, 3.63) is 129 Å². The first kappa shape index (κ1) is 30.5. The second-order valence-corrected chi connectivity index (χ2v) is 10.7. The van der Waals surface area contributed by atoms with E-state index in [4.69, 9.17) is 32.7 Å². The Kier molecular flexibility index (Phi) is 9.13. The van der Waals surface area contributed by atoms with Crippen molar-refractivity contribution in [2.75, 3.05) is 19.0 Å². The fourth-order valence-electron chi connectivity index (χ4n) is 4.88. The van der Waals surface area contributed by atoms with Crippen LogP contribution in [0, 0.1) is 6.92 Å². The Hall–Kier alpha value is -4.92. The number of aromatic nitrogens is 1. The lowest BCUT2D eigenvalue weighted by molar-refractivity contribution is -0.146. The second kappa shape index (κ2) is 13.2. The average molecular weight is 629 g/mol. The molecule has 1 N–H and O–H groups in total. The van der Waals surface area contributed by atoms with E-state index in [0.717, 1.165) is 0 Å². The number of esters is 1. The van der Waals surface area contributed by atoms with Gasteiger partial charge in [-0.1, -0.05) is 53.5 Å². The Morgan fingerprint density at radius 2 is 1.52 bits per heavy atom. The van der Waals surface area contributed by atoms with Crippen molar-refractivity contribution in [3.8, 4) is 5.75 Å². The lowest BCUT2D eigenvalue weighted by atomic mass is 10.0. The number of fused-ring (bicyclic) bond motifs is 1. The summed E-state index contributed by atoms with van der Waals surface area (Å²) in [5.41, 5.74) is 2.96. The van der Waals surface area contributed by atoms with Crippen LogP contribution in [-0.4, -0.2) is 41.9 Å². The number of benzene rings is 4. The summed E-state index contributed by atoms with van der Waals surface area (Å²) >= 11 is 12.1. The standard InChI is InChI=1S/C34H26Cl2N2O6/c1-20-26(27-17-25(43-2)13-15-30(27)38(20)34(42)22-8-10-23(35)11-9-22)18-32(40)44-19-31(39)37-29-14-12-24(36)16-28(29)33(41)21-6-4-3-5-7-21/h3-17H,18-19H2,1-2H3,(H,37,39). The number of anilines is 1. The van der Waals surface area contributed by atoms with Crippen molar-refractivity contribution >= 4 is 63.4 Å². The minimum Gasteiger partial charge on any atom is -0.497 e. The smallest absolute Gasteiger partial charge is 0.310 e. The third-order valence-corrected chi connectivity index (χ3v) is 7.54. The van der Waals surface area contributed by atoms with E-state index in [9.17, 15) is 19.2 Å². The van der Waals surface area contributed by atoms with Gasteiger partial charge in [-0.05, 0) is 73.2 Å². The molecule has 0 aliphatic heterocycles. The van der Waals surface area contributed by atoms with Gasteiger partial charge in [-0.15, -0.1) is 0 Å². The van der Waals surface area contributed by atoms with Crippen molar-refractivity contribution in [2.24, 2.45) is 0 Å². The van der Waals surface area contributed by atoms with Crippen molar-refractivity contribution in [2.45, 2.75) is 13.3 Å². The van der Waals surface area contributed by atoms with Gasteiger partial charge in [0.25, 0.3) is 11.8 Å². The minimum absolute atomic E-state index is 0.200. The topological polar surface area (TPSA) is 104 Å². The summed E-state index contributed by atoms with van der Waals surface area (Å²) in [6.45, 7) is 1.15. The third kappa shape index (κ3) is 6.51. The predicted molar refractivity (Wildman–Crippen MR) is 169 cm³/mol. The lowest BCUT2D eigenvalue weighted by Gasteiger charge is -2.12. The number of hydrogen-bond acceptors (Lipinski definition) is 6. The van der Waals surface area contributed by atoms with Crippen molar-refractivity contribution in [3.63, 3.8) is 0 Å². The van der Waals surface area contributed by atoms with E-state index in [0.29, 0.717) is 49.1 Å². The molecule has 0 unspecified atom stereocenters. The molecule has 5 rings (SSSR count). The average Bonchev–Trinajstić information content (AvgIpc) is 3.30. The van der Waals surface area contributed by atoms with Gasteiger partial charge in [0.1, 0.15) is 5.75 Å². The number of ether oxygens (including phenoxy) is 2. The van der Waals surface area contributed by atoms with Crippen molar-refractivity contribution in [1.82, 2.24) is 4.57 Å². The molecule has 1 aromatic heterocycles. The number of nitrogens with zero attached hydrogens (tertiary/aromatic N) is 1. The summed E-state index contributed by atoms with van der Waals surface area (Å²) in [5, 5.41) is 4.10. The molecule has 222 valence electrons. The van der Waals surface area contributed by atoms with Gasteiger partial charge < -0.3 is 14.8 Å².